The Kier molecular flexibility index (Phi) is 12.0. The van der Waals surface area contributed by atoms with Crippen molar-refractivity contribution in [3.05, 3.63) is 52.2 Å². The van der Waals surface area contributed by atoms with Gasteiger partial charge in [-0.3, -0.25) is 5.14 Å². The van der Waals surface area contributed by atoms with Crippen molar-refractivity contribution in [2.75, 3.05) is 5.32 Å². The number of hydrogen-bond donors (Lipinski definition) is 4. The van der Waals surface area contributed by atoms with Crippen molar-refractivity contribution in [2.24, 2.45) is 10.9 Å². The molecule has 1 saturated carbocycles. The smallest absolute Gasteiger partial charge is 0.146 e. The first-order valence-electron chi connectivity index (χ1n) is 11.4. The first kappa shape index (κ1) is 29.9. The van der Waals surface area contributed by atoms with Crippen molar-refractivity contribution in [1.82, 2.24) is 4.98 Å². The quantitative estimate of drug-likeness (QED) is 0.322. The molecule has 3 rings (SSSR count). The Morgan fingerprint density at radius 3 is 2.12 bits per heavy atom. The van der Waals surface area contributed by atoms with Crippen molar-refractivity contribution < 1.29 is 9.50 Å². The molecule has 0 amide bonds. The van der Waals surface area contributed by atoms with E-state index in [9.17, 15) is 9.50 Å². The Balaban J connectivity index is 0.000000319. The molecule has 1 aromatic heterocycles. The van der Waals surface area contributed by atoms with Gasteiger partial charge in [-0.15, -0.1) is 11.3 Å². The molecule has 1 fully saturated rings. The maximum Gasteiger partial charge on any atom is 0.146 e. The molecule has 1 aliphatic carbocycles. The topological polar surface area (TPSA) is 121 Å². The summed E-state index contributed by atoms with van der Waals surface area (Å²) in [4.78, 5) is 4.03. The number of nitrogens with two attached hydrogens (primary N) is 2. The summed E-state index contributed by atoms with van der Waals surface area (Å²) in [5, 5.41) is 27.5. The Morgan fingerprint density at radius 1 is 1.26 bits per heavy atom. The van der Waals surface area contributed by atoms with Gasteiger partial charge < -0.3 is 16.2 Å². The van der Waals surface area contributed by atoms with E-state index in [1.54, 1.807) is 26.1 Å². The first-order chi connectivity index (χ1) is 15.8. The third-order valence-corrected chi connectivity index (χ3v) is 7.04. The van der Waals surface area contributed by atoms with E-state index in [1.165, 1.54) is 37.0 Å². The van der Waals surface area contributed by atoms with E-state index in [-0.39, 0.29) is 23.2 Å². The number of anilines is 1. The van der Waals surface area contributed by atoms with Crippen LogP contribution in [0.5, 0.6) is 0 Å². The Labute approximate surface area is 211 Å². The van der Waals surface area contributed by atoms with Crippen LogP contribution in [-0.2, 0) is 5.60 Å². The standard InChI is InChI=1S/C15H20FN3.C6H10N2OS2.C4H8/c1-8(2)12-6-11(7-17)14(16)13(9(3)4)15(12)19-10(5)18;1-6(2,9)5-8-3-4(10-5)11-7;1-2-4-3-1/h6,8-9,19H,5,18H2,1-4H3;3,9H,7H2,1-2H3;1-4H2. The van der Waals surface area contributed by atoms with Crippen LogP contribution >= 0.6 is 23.3 Å². The molecule has 34 heavy (non-hydrogen) atoms. The van der Waals surface area contributed by atoms with Gasteiger partial charge in [0.1, 0.15) is 22.5 Å². The second-order valence-electron chi connectivity index (χ2n) is 9.26. The number of halogens is 1. The molecule has 0 saturated heterocycles. The molecule has 1 aromatic carbocycles. The van der Waals surface area contributed by atoms with Gasteiger partial charge in [0.05, 0.1) is 21.8 Å². The van der Waals surface area contributed by atoms with Crippen LogP contribution in [0.25, 0.3) is 0 Å². The van der Waals surface area contributed by atoms with Gasteiger partial charge in [-0.2, -0.15) is 5.26 Å². The second kappa shape index (κ2) is 13.7. The normalized spacial score (nSPS) is 12.6. The van der Waals surface area contributed by atoms with E-state index in [4.69, 9.17) is 16.1 Å². The largest absolute Gasteiger partial charge is 0.386 e. The molecule has 2 aromatic rings. The lowest BCUT2D eigenvalue weighted by molar-refractivity contribution is 0.0783. The van der Waals surface area contributed by atoms with Crippen LogP contribution in [0.4, 0.5) is 10.1 Å². The molecule has 0 aliphatic heterocycles. The minimum absolute atomic E-state index is 0.0624. The van der Waals surface area contributed by atoms with Crippen LogP contribution in [0, 0.1) is 17.1 Å². The monoisotopic (exact) mass is 507 g/mol. The number of thiazole rings is 1. The number of aromatic nitrogens is 1. The van der Waals surface area contributed by atoms with E-state index >= 15 is 0 Å². The zero-order chi connectivity index (χ0) is 26.1. The molecule has 188 valence electrons. The lowest BCUT2D eigenvalue weighted by Crippen LogP contribution is -2.14. The lowest BCUT2D eigenvalue weighted by Gasteiger charge is -2.22. The van der Waals surface area contributed by atoms with Crippen molar-refractivity contribution in [1.29, 1.82) is 5.26 Å². The van der Waals surface area contributed by atoms with Crippen LogP contribution in [0.2, 0.25) is 0 Å². The second-order valence-corrected chi connectivity index (χ2v) is 11.2. The van der Waals surface area contributed by atoms with Gasteiger partial charge in [-0.1, -0.05) is 60.0 Å². The average molecular weight is 508 g/mol. The fourth-order valence-corrected chi connectivity index (χ4v) is 4.12. The average Bonchev–Trinajstić information content (AvgIpc) is 3.16. The number of benzene rings is 1. The third-order valence-electron chi connectivity index (χ3n) is 5.06. The van der Waals surface area contributed by atoms with E-state index in [2.05, 4.69) is 16.9 Å². The van der Waals surface area contributed by atoms with E-state index < -0.39 is 11.4 Å². The van der Waals surface area contributed by atoms with Gasteiger partial charge in [0.15, 0.2) is 0 Å². The van der Waals surface area contributed by atoms with E-state index in [0.29, 0.717) is 16.3 Å². The number of nitrogens with one attached hydrogen (secondary N) is 1. The highest BCUT2D eigenvalue weighted by Gasteiger charge is 2.22. The molecule has 0 unspecified atom stereocenters. The Hall–Kier alpha value is -2.12. The van der Waals surface area contributed by atoms with E-state index in [1.807, 2.05) is 33.8 Å². The van der Waals surface area contributed by atoms with Crippen molar-refractivity contribution in [3.63, 3.8) is 0 Å². The number of hydrogen-bond acceptors (Lipinski definition) is 8. The van der Waals surface area contributed by atoms with Crippen molar-refractivity contribution in [2.45, 2.75) is 88.9 Å². The van der Waals surface area contributed by atoms with Gasteiger partial charge >= 0.3 is 0 Å². The third kappa shape index (κ3) is 8.91. The maximum atomic E-state index is 14.3. The minimum atomic E-state index is -0.849. The molecular formula is C25H38FN5OS2. The lowest BCUT2D eigenvalue weighted by atomic mass is 9.89. The van der Waals surface area contributed by atoms with Gasteiger partial charge in [-0.05, 0) is 49.3 Å². The summed E-state index contributed by atoms with van der Waals surface area (Å²) >= 11 is 2.57. The van der Waals surface area contributed by atoms with Gasteiger partial charge in [0, 0.05) is 11.3 Å². The zero-order valence-electron chi connectivity index (χ0n) is 21.0. The molecular weight excluding hydrogens is 469 g/mol. The summed E-state index contributed by atoms with van der Waals surface area (Å²) in [6, 6.07) is 3.49. The predicted molar refractivity (Wildman–Crippen MR) is 142 cm³/mol. The van der Waals surface area contributed by atoms with E-state index in [0.717, 1.165) is 21.7 Å². The highest BCUT2D eigenvalue weighted by atomic mass is 32.2. The highest BCUT2D eigenvalue weighted by Crippen LogP contribution is 2.36. The van der Waals surface area contributed by atoms with Crippen LogP contribution < -0.4 is 16.2 Å². The zero-order valence-corrected chi connectivity index (χ0v) is 22.7. The number of nitrogens with zero attached hydrogens (tertiary/aromatic N) is 2. The summed E-state index contributed by atoms with van der Waals surface area (Å²) in [6.07, 6.45) is 7.67. The van der Waals surface area contributed by atoms with Crippen LogP contribution in [0.3, 0.4) is 0 Å². The molecule has 0 radical (unpaired) electrons. The minimum Gasteiger partial charge on any atom is -0.386 e. The Bertz CT molecular complexity index is 982. The van der Waals surface area contributed by atoms with Crippen LogP contribution in [-0.4, -0.2) is 10.1 Å². The highest BCUT2D eigenvalue weighted by molar-refractivity contribution is 7.99. The first-order valence-corrected chi connectivity index (χ1v) is 13.1. The molecule has 1 aliphatic rings. The fraction of sp³-hybridized carbons (Fsp3) is 0.520. The summed E-state index contributed by atoms with van der Waals surface area (Å²) in [6.45, 7) is 14.8. The molecule has 6 N–H and O–H groups in total. The number of nitriles is 1. The molecule has 6 nitrogen and oxygen atoms in total. The summed E-state index contributed by atoms with van der Waals surface area (Å²) in [5.41, 5.74) is 6.79. The summed E-state index contributed by atoms with van der Waals surface area (Å²) < 4.78 is 15.3. The molecule has 0 bridgehead atoms. The maximum absolute atomic E-state index is 14.3. The fourth-order valence-electron chi connectivity index (χ4n) is 2.93. The molecule has 0 atom stereocenters. The number of rotatable bonds is 6. The molecule has 0 spiro atoms. The van der Waals surface area contributed by atoms with Crippen LogP contribution in [0.1, 0.15) is 101 Å². The molecule has 1 heterocycles. The SMILES string of the molecule is C1CCC1.C=C(N)Nc1c(C(C)C)cc(C#N)c(F)c1C(C)C.CC(C)(O)c1ncc(SN)s1. The predicted octanol–water partition coefficient (Wildman–Crippen LogP) is 6.68. The number of aliphatic hydroxyl groups is 1. The summed E-state index contributed by atoms with van der Waals surface area (Å²) in [5.74, 6) is -0.141. The van der Waals surface area contributed by atoms with Crippen molar-refractivity contribution >= 4 is 29.0 Å². The van der Waals surface area contributed by atoms with Gasteiger partial charge in [-0.25, -0.2) is 9.37 Å². The van der Waals surface area contributed by atoms with Crippen molar-refractivity contribution in [3.8, 4) is 6.07 Å². The summed E-state index contributed by atoms with van der Waals surface area (Å²) in [7, 11) is 0. The molecule has 9 heteroatoms. The van der Waals surface area contributed by atoms with Gasteiger partial charge in [0.2, 0.25) is 0 Å². The Morgan fingerprint density at radius 2 is 1.82 bits per heavy atom. The van der Waals surface area contributed by atoms with Gasteiger partial charge in [0.25, 0.3) is 0 Å². The van der Waals surface area contributed by atoms with Crippen LogP contribution in [0.15, 0.2) is 28.9 Å².